The molecule has 9 heteroatoms. The third-order valence-corrected chi connectivity index (χ3v) is 4.84. The Kier molecular flexibility index (Phi) is 15.4. The topological polar surface area (TPSA) is 74.2 Å². The van der Waals surface area contributed by atoms with Crippen LogP contribution in [0.3, 0.4) is 0 Å². The number of carbonyl (C=O) groups excluding carboxylic acids is 1. The van der Waals surface area contributed by atoms with Gasteiger partial charge in [-0.15, -0.1) is 0 Å². The third kappa shape index (κ3) is 13.4. The minimum absolute atomic E-state index is 0.0521. The van der Waals surface area contributed by atoms with Crippen LogP contribution in [0.4, 0.5) is 0 Å². The third-order valence-electron chi connectivity index (χ3n) is 2.26. The van der Waals surface area contributed by atoms with Crippen LogP contribution >= 0.6 is 0 Å². The zero-order valence-electron chi connectivity index (χ0n) is 13.3. The van der Waals surface area contributed by atoms with Crippen molar-refractivity contribution in [1.82, 2.24) is 0 Å². The quantitative estimate of drug-likeness (QED) is 0.161. The molecule has 0 spiro atoms. The summed E-state index contributed by atoms with van der Waals surface area (Å²) in [5.41, 5.74) is 0. The van der Waals surface area contributed by atoms with E-state index in [1.54, 1.807) is 13.0 Å². The number of rotatable bonds is 14. The van der Waals surface area contributed by atoms with Gasteiger partial charge >= 0.3 is 5.97 Å². The smallest absolute Gasteiger partial charge is 0.330 e. The minimum Gasteiger partial charge on any atom is -0.460 e. The Morgan fingerprint density at radius 3 is 2.50 bits per heavy atom. The highest BCUT2D eigenvalue weighted by Crippen LogP contribution is 1.99. The largest absolute Gasteiger partial charge is 0.460 e. The van der Waals surface area contributed by atoms with Crippen molar-refractivity contribution in [2.24, 2.45) is 0 Å². The van der Waals surface area contributed by atoms with Gasteiger partial charge in [0.1, 0.15) is 28.1 Å². The Morgan fingerprint density at radius 2 is 1.91 bits per heavy atom. The number of carbonyl (C=O) groups is 1. The van der Waals surface area contributed by atoms with E-state index in [4.69, 9.17) is 18.3 Å². The highest BCUT2D eigenvalue weighted by Gasteiger charge is 2.09. The molecule has 22 heavy (non-hydrogen) atoms. The van der Waals surface area contributed by atoms with Crippen LogP contribution in [0, 0.1) is 0 Å². The molecule has 0 aromatic heterocycles. The first-order valence-electron chi connectivity index (χ1n) is 7.07. The first-order valence-corrected chi connectivity index (χ1v) is 11.2. The molecule has 124 valence electrons. The van der Waals surface area contributed by atoms with Crippen molar-refractivity contribution in [1.29, 1.82) is 0 Å². The molecule has 1 atom stereocenters. The SMILES string of the molecule is CC=CC(=O)OCC(O)COCCC[Si]C(O[Si]C)O[Si]C. The van der Waals surface area contributed by atoms with Crippen LogP contribution in [0.1, 0.15) is 13.3 Å². The molecule has 1 unspecified atom stereocenters. The average molecular weight is 361 g/mol. The van der Waals surface area contributed by atoms with Crippen LogP contribution in [0.15, 0.2) is 12.2 Å². The van der Waals surface area contributed by atoms with Gasteiger partial charge in [-0.2, -0.15) is 0 Å². The summed E-state index contributed by atoms with van der Waals surface area (Å²) in [6, 6.07) is 0.964. The fourth-order valence-corrected chi connectivity index (χ4v) is 3.92. The maximum absolute atomic E-state index is 11.1. The van der Waals surface area contributed by atoms with Crippen molar-refractivity contribution in [3.63, 3.8) is 0 Å². The van der Waals surface area contributed by atoms with E-state index in [9.17, 15) is 9.90 Å². The molecule has 6 radical (unpaired) electrons. The number of esters is 1. The molecule has 0 bridgehead atoms. The monoisotopic (exact) mass is 360 g/mol. The van der Waals surface area contributed by atoms with E-state index in [1.807, 2.05) is 13.1 Å². The summed E-state index contributed by atoms with van der Waals surface area (Å²) < 4.78 is 21.2. The molecule has 0 aliphatic heterocycles. The molecule has 0 aliphatic carbocycles. The van der Waals surface area contributed by atoms with Gasteiger partial charge < -0.3 is 23.4 Å². The first-order chi connectivity index (χ1) is 10.6. The van der Waals surface area contributed by atoms with Gasteiger partial charge in [-0.25, -0.2) is 4.79 Å². The van der Waals surface area contributed by atoms with Crippen molar-refractivity contribution in [3.05, 3.63) is 12.2 Å². The predicted molar refractivity (Wildman–Crippen MR) is 87.0 cm³/mol. The summed E-state index contributed by atoms with van der Waals surface area (Å²) in [6.07, 6.45) is 2.98. The lowest BCUT2D eigenvalue weighted by molar-refractivity contribution is -0.141. The van der Waals surface area contributed by atoms with Crippen LogP contribution < -0.4 is 0 Å². The summed E-state index contributed by atoms with van der Waals surface area (Å²) in [4.78, 5) is 11.1. The van der Waals surface area contributed by atoms with Gasteiger partial charge in [0.15, 0.2) is 0 Å². The van der Waals surface area contributed by atoms with Gasteiger partial charge in [-0.05, 0) is 26.4 Å². The van der Waals surface area contributed by atoms with Crippen molar-refractivity contribution in [2.75, 3.05) is 19.8 Å². The summed E-state index contributed by atoms with van der Waals surface area (Å²) in [5, 5.41) is 9.59. The van der Waals surface area contributed by atoms with Crippen LogP contribution in [0.25, 0.3) is 0 Å². The fourth-order valence-electron chi connectivity index (χ4n) is 1.35. The Morgan fingerprint density at radius 1 is 1.23 bits per heavy atom. The Labute approximate surface area is 140 Å². The lowest BCUT2D eigenvalue weighted by Gasteiger charge is -2.16. The van der Waals surface area contributed by atoms with Crippen molar-refractivity contribution >= 4 is 35.0 Å². The van der Waals surface area contributed by atoms with E-state index in [0.717, 1.165) is 12.5 Å². The average Bonchev–Trinajstić information content (AvgIpc) is 2.49. The van der Waals surface area contributed by atoms with Gasteiger partial charge in [0.05, 0.1) is 6.61 Å². The van der Waals surface area contributed by atoms with Crippen molar-refractivity contribution in [3.8, 4) is 0 Å². The van der Waals surface area contributed by atoms with E-state index in [0.29, 0.717) is 35.7 Å². The van der Waals surface area contributed by atoms with Crippen LogP contribution in [0.2, 0.25) is 19.1 Å². The number of aliphatic hydroxyl groups is 1. The zero-order valence-corrected chi connectivity index (χ0v) is 16.3. The summed E-state index contributed by atoms with van der Waals surface area (Å²) in [7, 11) is 1.45. The van der Waals surface area contributed by atoms with Gasteiger partial charge in [-0.3, -0.25) is 0 Å². The molecular weight excluding hydrogens is 336 g/mol. The van der Waals surface area contributed by atoms with Crippen LogP contribution in [-0.4, -0.2) is 72.0 Å². The van der Waals surface area contributed by atoms with E-state index in [1.165, 1.54) is 6.08 Å². The van der Waals surface area contributed by atoms with Gasteiger partial charge in [0.25, 0.3) is 0 Å². The molecule has 0 aliphatic rings. The number of aliphatic hydroxyl groups excluding tert-OH is 1. The molecule has 0 fully saturated rings. The second kappa shape index (κ2) is 15.6. The van der Waals surface area contributed by atoms with E-state index in [-0.39, 0.29) is 19.1 Å². The second-order valence-electron chi connectivity index (χ2n) is 4.14. The number of hydrogen-bond acceptors (Lipinski definition) is 6. The van der Waals surface area contributed by atoms with Crippen LogP contribution in [-0.2, 0) is 23.1 Å². The predicted octanol–water partition coefficient (Wildman–Crippen LogP) is 0.647. The molecule has 0 heterocycles. The molecule has 0 saturated heterocycles. The first kappa shape index (κ1) is 21.7. The maximum atomic E-state index is 11.1. The number of ether oxygens (including phenoxy) is 2. The molecule has 0 saturated carbocycles. The molecule has 6 nitrogen and oxygen atoms in total. The van der Waals surface area contributed by atoms with Crippen molar-refractivity contribution < 1.29 is 28.2 Å². The highest BCUT2D eigenvalue weighted by atomic mass is 28.2. The van der Waals surface area contributed by atoms with Gasteiger partial charge in [0, 0.05) is 12.7 Å². The maximum Gasteiger partial charge on any atom is 0.330 e. The summed E-state index contributed by atoms with van der Waals surface area (Å²) >= 11 is 0. The second-order valence-corrected chi connectivity index (χ2v) is 6.81. The Hall–Kier alpha value is -0.299. The standard InChI is InChI=1S/C13H24O6Si3/c1-4-6-12(15)17-10-11(14)9-16-7-5-8-22-13(18-20-2)19-21-3/h4,6,11,13-14H,5,7-10H2,1-3H3. The van der Waals surface area contributed by atoms with Crippen LogP contribution in [0.5, 0.6) is 0 Å². The highest BCUT2D eigenvalue weighted by molar-refractivity contribution is 6.40. The molecule has 0 rings (SSSR count). The van der Waals surface area contributed by atoms with E-state index >= 15 is 0 Å². The van der Waals surface area contributed by atoms with Gasteiger partial charge in [-0.1, -0.05) is 12.1 Å². The molecular formula is C13H24O6Si3. The van der Waals surface area contributed by atoms with E-state index in [2.05, 4.69) is 0 Å². The molecule has 1 N–H and O–H groups in total. The fraction of sp³-hybridized carbons (Fsp3) is 0.769. The Bertz CT molecular complexity index is 298. The Balaban J connectivity index is 3.53. The molecule has 0 aromatic rings. The summed E-state index contributed by atoms with van der Waals surface area (Å²) in [6.45, 7) is 6.35. The zero-order chi connectivity index (χ0) is 16.6. The number of allylic oxidation sites excluding steroid dienone is 1. The summed E-state index contributed by atoms with van der Waals surface area (Å²) in [5.74, 6) is -0.551. The lowest BCUT2D eigenvalue weighted by atomic mass is 10.4. The minimum atomic E-state index is -0.793. The van der Waals surface area contributed by atoms with Gasteiger partial charge in [0.2, 0.25) is 19.5 Å². The van der Waals surface area contributed by atoms with E-state index < -0.39 is 12.1 Å². The normalized spacial score (nSPS) is 13.0. The lowest BCUT2D eigenvalue weighted by Crippen LogP contribution is -2.27. The molecule has 0 amide bonds. The van der Waals surface area contributed by atoms with Crippen molar-refractivity contribution in [2.45, 2.75) is 44.5 Å². The number of hydrogen-bond donors (Lipinski definition) is 1. The molecule has 0 aromatic carbocycles.